The molecule has 0 aliphatic heterocycles. The van der Waals surface area contributed by atoms with Crippen molar-refractivity contribution in [1.29, 1.82) is 5.26 Å². The highest BCUT2D eigenvalue weighted by Crippen LogP contribution is 2.28. The van der Waals surface area contributed by atoms with Crippen molar-refractivity contribution < 1.29 is 4.39 Å². The van der Waals surface area contributed by atoms with E-state index in [4.69, 9.17) is 5.26 Å². The summed E-state index contributed by atoms with van der Waals surface area (Å²) in [5.41, 5.74) is 1.17. The minimum Gasteiger partial charge on any atom is -0.243 e. The highest BCUT2D eigenvalue weighted by atomic mass is 19.1. The molecule has 1 aliphatic rings. The molecule has 3 rings (SSSR count). The fourth-order valence-electron chi connectivity index (χ4n) is 2.72. The van der Waals surface area contributed by atoms with E-state index in [-0.39, 0.29) is 5.56 Å². The molecule has 0 radical (unpaired) electrons. The third-order valence-corrected chi connectivity index (χ3v) is 3.64. The third kappa shape index (κ3) is 1.74. The van der Waals surface area contributed by atoms with Crippen molar-refractivity contribution in [3.8, 4) is 6.07 Å². The molecule has 1 aromatic carbocycles. The van der Waals surface area contributed by atoms with Crippen molar-refractivity contribution in [1.82, 2.24) is 15.0 Å². The second kappa shape index (κ2) is 4.37. The van der Waals surface area contributed by atoms with Gasteiger partial charge < -0.3 is 0 Å². The molecule has 18 heavy (non-hydrogen) atoms. The molecule has 1 fully saturated rings. The number of hydrogen-bond acceptors (Lipinski definition) is 3. The van der Waals surface area contributed by atoms with Crippen LogP contribution in [-0.4, -0.2) is 15.0 Å². The molecular formula is C13H13FN4. The van der Waals surface area contributed by atoms with E-state index in [9.17, 15) is 4.39 Å². The lowest BCUT2D eigenvalue weighted by Crippen LogP contribution is -2.09. The second-order valence-corrected chi connectivity index (χ2v) is 4.82. The van der Waals surface area contributed by atoms with Crippen LogP contribution in [-0.2, 0) is 6.54 Å². The second-order valence-electron chi connectivity index (χ2n) is 4.82. The summed E-state index contributed by atoms with van der Waals surface area (Å²) in [6.45, 7) is 0.731. The Hall–Kier alpha value is -1.96. The Morgan fingerprint density at radius 1 is 1.39 bits per heavy atom. The third-order valence-electron chi connectivity index (χ3n) is 3.64. The molecule has 1 heterocycles. The van der Waals surface area contributed by atoms with Gasteiger partial charge in [-0.05, 0) is 30.9 Å². The number of fused-ring (bicyclic) bond motifs is 1. The Morgan fingerprint density at radius 3 is 2.89 bits per heavy atom. The Bertz CT molecular complexity index is 620. The van der Waals surface area contributed by atoms with E-state index >= 15 is 0 Å². The van der Waals surface area contributed by atoms with Gasteiger partial charge in [-0.25, -0.2) is 9.07 Å². The number of rotatable bonds is 2. The Balaban J connectivity index is 2.06. The summed E-state index contributed by atoms with van der Waals surface area (Å²) in [5.74, 6) is 0.0738. The monoisotopic (exact) mass is 244 g/mol. The molecule has 1 aliphatic carbocycles. The van der Waals surface area contributed by atoms with Gasteiger partial charge in [-0.2, -0.15) is 5.26 Å². The first kappa shape index (κ1) is 11.1. The summed E-state index contributed by atoms with van der Waals surface area (Å²) in [6, 6.07) is 4.76. The molecule has 0 spiro atoms. The fraction of sp³-hybridized carbons (Fsp3) is 0.462. The zero-order valence-corrected chi connectivity index (χ0v) is 9.93. The van der Waals surface area contributed by atoms with Crippen molar-refractivity contribution in [3.63, 3.8) is 0 Å². The van der Waals surface area contributed by atoms with Crippen LogP contribution in [0.4, 0.5) is 4.39 Å². The molecule has 5 heteroatoms. The van der Waals surface area contributed by atoms with Crippen LogP contribution >= 0.6 is 0 Å². The number of nitrogens with zero attached hydrogens (tertiary/aromatic N) is 4. The number of hydrogen-bond donors (Lipinski definition) is 0. The van der Waals surface area contributed by atoms with E-state index in [0.29, 0.717) is 17.0 Å². The van der Waals surface area contributed by atoms with Gasteiger partial charge >= 0.3 is 0 Å². The quantitative estimate of drug-likeness (QED) is 0.816. The fourth-order valence-corrected chi connectivity index (χ4v) is 2.72. The van der Waals surface area contributed by atoms with E-state index in [2.05, 4.69) is 10.3 Å². The molecule has 2 aromatic rings. The number of benzene rings is 1. The largest absolute Gasteiger partial charge is 0.243 e. The van der Waals surface area contributed by atoms with E-state index in [0.717, 1.165) is 6.54 Å². The molecule has 1 saturated carbocycles. The van der Waals surface area contributed by atoms with Gasteiger partial charge in [0.15, 0.2) is 0 Å². The highest BCUT2D eigenvalue weighted by molar-refractivity contribution is 5.81. The van der Waals surface area contributed by atoms with Crippen molar-refractivity contribution in [2.24, 2.45) is 5.92 Å². The number of halogens is 1. The summed E-state index contributed by atoms with van der Waals surface area (Å²) in [5, 5.41) is 17.1. The first-order valence-electron chi connectivity index (χ1n) is 6.21. The predicted octanol–water partition coefficient (Wildman–Crippen LogP) is 2.63. The van der Waals surface area contributed by atoms with Gasteiger partial charge in [0, 0.05) is 6.54 Å². The molecule has 1 aromatic heterocycles. The van der Waals surface area contributed by atoms with Crippen molar-refractivity contribution in [2.45, 2.75) is 32.2 Å². The predicted molar refractivity (Wildman–Crippen MR) is 64.2 cm³/mol. The minimum atomic E-state index is -0.500. The van der Waals surface area contributed by atoms with Crippen LogP contribution in [0.25, 0.3) is 11.0 Å². The van der Waals surface area contributed by atoms with Crippen molar-refractivity contribution in [2.75, 3.05) is 0 Å². The maximum Gasteiger partial charge on any atom is 0.143 e. The first-order chi connectivity index (χ1) is 8.79. The van der Waals surface area contributed by atoms with E-state index in [1.165, 1.54) is 31.7 Å². The summed E-state index contributed by atoms with van der Waals surface area (Å²) < 4.78 is 15.3. The van der Waals surface area contributed by atoms with Gasteiger partial charge in [-0.15, -0.1) is 5.10 Å². The van der Waals surface area contributed by atoms with Crippen LogP contribution in [0.3, 0.4) is 0 Å². The Kier molecular flexibility index (Phi) is 2.71. The zero-order chi connectivity index (χ0) is 12.5. The SMILES string of the molecule is N#Cc1c(F)ccc2nnn(CC3CCCC3)c12. The molecule has 0 N–H and O–H groups in total. The van der Waals surface area contributed by atoms with Gasteiger partial charge in [0.25, 0.3) is 0 Å². The maximum absolute atomic E-state index is 13.6. The van der Waals surface area contributed by atoms with Crippen molar-refractivity contribution in [3.05, 3.63) is 23.5 Å². The Morgan fingerprint density at radius 2 is 2.17 bits per heavy atom. The topological polar surface area (TPSA) is 54.5 Å². The molecule has 0 atom stereocenters. The molecule has 92 valence electrons. The Labute approximate surface area is 104 Å². The zero-order valence-electron chi connectivity index (χ0n) is 9.93. The van der Waals surface area contributed by atoms with Gasteiger partial charge in [0.05, 0.1) is 0 Å². The average molecular weight is 244 g/mol. The van der Waals surface area contributed by atoms with Crippen molar-refractivity contribution >= 4 is 11.0 Å². The summed E-state index contributed by atoms with van der Waals surface area (Å²) in [4.78, 5) is 0. The van der Waals surface area contributed by atoms with Gasteiger partial charge in [0.1, 0.15) is 28.5 Å². The van der Waals surface area contributed by atoms with E-state index in [1.54, 1.807) is 10.7 Å². The molecule has 0 unspecified atom stereocenters. The van der Waals surface area contributed by atoms with Gasteiger partial charge in [-0.1, -0.05) is 18.1 Å². The minimum absolute atomic E-state index is 0.0514. The van der Waals surface area contributed by atoms with E-state index in [1.807, 2.05) is 6.07 Å². The maximum atomic E-state index is 13.6. The molecule has 0 bridgehead atoms. The smallest absolute Gasteiger partial charge is 0.143 e. The lowest BCUT2D eigenvalue weighted by Gasteiger charge is -2.09. The van der Waals surface area contributed by atoms with Crippen LogP contribution in [0.5, 0.6) is 0 Å². The van der Waals surface area contributed by atoms with Gasteiger partial charge in [0.2, 0.25) is 0 Å². The lowest BCUT2D eigenvalue weighted by atomic mass is 10.1. The first-order valence-corrected chi connectivity index (χ1v) is 6.21. The van der Waals surface area contributed by atoms with Crippen LogP contribution in [0.2, 0.25) is 0 Å². The summed E-state index contributed by atoms with van der Waals surface area (Å²) in [6.07, 6.45) is 4.85. The molecule has 4 nitrogen and oxygen atoms in total. The van der Waals surface area contributed by atoms with E-state index < -0.39 is 5.82 Å². The standard InChI is InChI=1S/C13H13FN4/c14-11-5-6-12-13(10(11)7-15)18(17-16-12)8-9-3-1-2-4-9/h5-6,9H,1-4,8H2. The lowest BCUT2D eigenvalue weighted by molar-refractivity contribution is 0.429. The van der Waals surface area contributed by atoms with Crippen LogP contribution in [0.15, 0.2) is 12.1 Å². The summed E-state index contributed by atoms with van der Waals surface area (Å²) >= 11 is 0. The normalized spacial score (nSPS) is 16.2. The van der Waals surface area contributed by atoms with Crippen LogP contribution < -0.4 is 0 Å². The molecule has 0 amide bonds. The molecule has 0 saturated heterocycles. The number of nitriles is 1. The average Bonchev–Trinajstić information content (AvgIpc) is 3.00. The molecular weight excluding hydrogens is 231 g/mol. The summed E-state index contributed by atoms with van der Waals surface area (Å²) in [7, 11) is 0. The van der Waals surface area contributed by atoms with Crippen LogP contribution in [0, 0.1) is 23.1 Å². The number of aromatic nitrogens is 3. The van der Waals surface area contributed by atoms with Crippen LogP contribution in [0.1, 0.15) is 31.2 Å². The van der Waals surface area contributed by atoms with Gasteiger partial charge in [-0.3, -0.25) is 0 Å². The highest BCUT2D eigenvalue weighted by Gasteiger charge is 2.19.